The molecule has 1 saturated heterocycles. The van der Waals surface area contributed by atoms with Crippen molar-refractivity contribution >= 4 is 22.0 Å². The maximum Gasteiger partial charge on any atom is 0.415 e. The van der Waals surface area contributed by atoms with Crippen molar-refractivity contribution in [3.8, 4) is 17.0 Å². The fourth-order valence-electron chi connectivity index (χ4n) is 3.12. The number of aromatic amines is 1. The molecule has 1 aliphatic heterocycles. The molecule has 1 aromatic carbocycles. The molecule has 3 heterocycles. The van der Waals surface area contributed by atoms with Gasteiger partial charge in [0.2, 0.25) is 0 Å². The number of amides is 1. The summed E-state index contributed by atoms with van der Waals surface area (Å²) in [4.78, 5) is 26.1. The van der Waals surface area contributed by atoms with Crippen LogP contribution in [0.5, 0.6) is 5.75 Å². The summed E-state index contributed by atoms with van der Waals surface area (Å²) in [5, 5.41) is 0. The first-order chi connectivity index (χ1) is 12.7. The Morgan fingerprint density at radius 2 is 2.08 bits per heavy atom. The number of rotatable bonds is 3. The van der Waals surface area contributed by atoms with Gasteiger partial charge < -0.3 is 9.72 Å². The van der Waals surface area contributed by atoms with Gasteiger partial charge in [0.05, 0.1) is 24.1 Å². The maximum absolute atomic E-state index is 12.5. The number of hydrogen-bond donors (Lipinski definition) is 1. The first-order valence-electron chi connectivity index (χ1n) is 8.40. The highest BCUT2D eigenvalue weighted by Crippen LogP contribution is 2.32. The smallest absolute Gasteiger partial charge is 0.409 e. The van der Waals surface area contributed by atoms with Crippen LogP contribution in [-0.2, 0) is 0 Å². The molecule has 26 heavy (non-hydrogen) atoms. The zero-order valence-corrected chi connectivity index (χ0v) is 15.5. The van der Waals surface area contributed by atoms with Crippen LogP contribution in [0, 0.1) is 0 Å². The van der Waals surface area contributed by atoms with E-state index in [0.717, 1.165) is 34.4 Å². The molecule has 0 radical (unpaired) electrons. The van der Waals surface area contributed by atoms with E-state index in [1.165, 1.54) is 6.20 Å². The van der Waals surface area contributed by atoms with Gasteiger partial charge in [0.25, 0.3) is 0 Å². The average Bonchev–Trinajstić information content (AvgIpc) is 3.32. The van der Waals surface area contributed by atoms with Gasteiger partial charge in [-0.1, -0.05) is 28.1 Å². The molecule has 0 unspecified atom stereocenters. The summed E-state index contributed by atoms with van der Waals surface area (Å²) in [6, 6.07) is 11.4. The van der Waals surface area contributed by atoms with Crippen LogP contribution in [0.3, 0.4) is 0 Å². The molecule has 4 rings (SSSR count). The number of hydrogen-bond acceptors (Lipinski definition) is 4. The Labute approximate surface area is 159 Å². The Kier molecular flexibility index (Phi) is 4.71. The van der Waals surface area contributed by atoms with Gasteiger partial charge in [-0.05, 0) is 42.7 Å². The van der Waals surface area contributed by atoms with Crippen molar-refractivity contribution in [1.82, 2.24) is 19.9 Å². The predicted molar refractivity (Wildman–Crippen MR) is 101 cm³/mol. The number of nitrogens with one attached hydrogen (secondary N) is 1. The van der Waals surface area contributed by atoms with Crippen LogP contribution < -0.4 is 4.74 Å². The predicted octanol–water partition coefficient (Wildman–Crippen LogP) is 4.57. The van der Waals surface area contributed by atoms with E-state index in [2.05, 4.69) is 30.9 Å². The molecular formula is C19H17BrN4O2. The molecule has 0 bridgehead atoms. The zero-order valence-electron chi connectivity index (χ0n) is 13.9. The van der Waals surface area contributed by atoms with Crippen LogP contribution in [0.2, 0.25) is 0 Å². The summed E-state index contributed by atoms with van der Waals surface area (Å²) < 4.78 is 6.46. The van der Waals surface area contributed by atoms with Gasteiger partial charge in [-0.3, -0.25) is 9.88 Å². The third-order valence-electron chi connectivity index (χ3n) is 4.39. The second kappa shape index (κ2) is 7.29. The molecule has 1 amide bonds. The lowest BCUT2D eigenvalue weighted by molar-refractivity contribution is 0.145. The summed E-state index contributed by atoms with van der Waals surface area (Å²) in [5.74, 6) is 1.22. The number of likely N-dealkylation sites (tertiary alicyclic amines) is 1. The minimum Gasteiger partial charge on any atom is -0.409 e. The topological polar surface area (TPSA) is 71.1 Å². The van der Waals surface area contributed by atoms with E-state index < -0.39 is 0 Å². The van der Waals surface area contributed by atoms with Crippen LogP contribution in [-0.4, -0.2) is 32.5 Å². The van der Waals surface area contributed by atoms with E-state index >= 15 is 0 Å². The van der Waals surface area contributed by atoms with Crippen LogP contribution in [0.4, 0.5) is 4.79 Å². The molecule has 0 saturated carbocycles. The van der Waals surface area contributed by atoms with Crippen molar-refractivity contribution in [3.63, 3.8) is 0 Å². The monoisotopic (exact) mass is 412 g/mol. The molecule has 2 aromatic heterocycles. The SMILES string of the molecule is O=C(Oc1cccnc1)N1CCC[C@H]1c1ncc(-c2ccc(Br)cc2)[nH]1. The molecule has 3 aromatic rings. The van der Waals surface area contributed by atoms with E-state index in [-0.39, 0.29) is 12.1 Å². The average molecular weight is 413 g/mol. The Morgan fingerprint density at radius 3 is 2.85 bits per heavy atom. The number of carbonyl (C=O) groups excluding carboxylic acids is 1. The summed E-state index contributed by atoms with van der Waals surface area (Å²) in [6.45, 7) is 0.651. The van der Waals surface area contributed by atoms with E-state index in [0.29, 0.717) is 12.3 Å². The number of carbonyl (C=O) groups is 1. The number of aromatic nitrogens is 3. The Hall–Kier alpha value is -2.67. The van der Waals surface area contributed by atoms with E-state index in [1.54, 1.807) is 23.2 Å². The molecule has 1 fully saturated rings. The van der Waals surface area contributed by atoms with Crippen LogP contribution in [0.1, 0.15) is 24.7 Å². The van der Waals surface area contributed by atoms with Gasteiger partial charge in [0, 0.05) is 17.2 Å². The zero-order chi connectivity index (χ0) is 17.9. The van der Waals surface area contributed by atoms with Crippen LogP contribution >= 0.6 is 15.9 Å². The van der Waals surface area contributed by atoms with Gasteiger partial charge >= 0.3 is 6.09 Å². The lowest BCUT2D eigenvalue weighted by Gasteiger charge is -2.22. The summed E-state index contributed by atoms with van der Waals surface area (Å²) >= 11 is 3.44. The standard InChI is InChI=1S/C19H17BrN4O2/c20-14-7-5-13(6-8-14)16-12-22-18(23-16)17-4-2-10-24(17)19(25)26-15-3-1-9-21-11-15/h1,3,5-9,11-12,17H,2,4,10H2,(H,22,23)/t17-/m0/s1. The highest BCUT2D eigenvalue weighted by atomic mass is 79.9. The fourth-order valence-corrected chi connectivity index (χ4v) is 3.38. The first kappa shape index (κ1) is 16.8. The number of imidazole rings is 1. The van der Waals surface area contributed by atoms with Gasteiger partial charge in [0.15, 0.2) is 5.75 Å². The minimum atomic E-state index is -0.373. The molecule has 0 spiro atoms. The van der Waals surface area contributed by atoms with E-state index in [4.69, 9.17) is 4.74 Å². The summed E-state index contributed by atoms with van der Waals surface area (Å²) in [5.41, 5.74) is 1.98. The normalized spacial score (nSPS) is 16.7. The second-order valence-electron chi connectivity index (χ2n) is 6.10. The van der Waals surface area contributed by atoms with Gasteiger partial charge in [-0.2, -0.15) is 0 Å². The van der Waals surface area contributed by atoms with E-state index in [1.807, 2.05) is 30.5 Å². The lowest BCUT2D eigenvalue weighted by atomic mass is 10.2. The van der Waals surface area contributed by atoms with Crippen molar-refractivity contribution in [3.05, 3.63) is 65.3 Å². The Morgan fingerprint density at radius 1 is 1.23 bits per heavy atom. The number of halogens is 1. The van der Waals surface area contributed by atoms with Gasteiger partial charge in [-0.15, -0.1) is 0 Å². The van der Waals surface area contributed by atoms with Crippen molar-refractivity contribution in [2.24, 2.45) is 0 Å². The second-order valence-corrected chi connectivity index (χ2v) is 7.01. The third kappa shape index (κ3) is 3.48. The fraction of sp³-hybridized carbons (Fsp3) is 0.211. The third-order valence-corrected chi connectivity index (χ3v) is 4.92. The summed E-state index contributed by atoms with van der Waals surface area (Å²) in [7, 11) is 0. The van der Waals surface area contributed by atoms with Crippen molar-refractivity contribution in [1.29, 1.82) is 0 Å². The summed E-state index contributed by atoms with van der Waals surface area (Å²) in [6.07, 6.45) is 6.38. The van der Waals surface area contributed by atoms with Crippen LogP contribution in [0.15, 0.2) is 59.5 Å². The maximum atomic E-state index is 12.5. The molecule has 6 nitrogen and oxygen atoms in total. The number of benzene rings is 1. The Bertz CT molecular complexity index is 895. The number of pyridine rings is 1. The molecule has 1 N–H and O–H groups in total. The van der Waals surface area contributed by atoms with Crippen LogP contribution in [0.25, 0.3) is 11.3 Å². The largest absolute Gasteiger partial charge is 0.415 e. The van der Waals surface area contributed by atoms with Crippen molar-refractivity contribution in [2.75, 3.05) is 6.54 Å². The molecular weight excluding hydrogens is 396 g/mol. The molecule has 7 heteroatoms. The molecule has 1 aliphatic rings. The number of H-pyrrole nitrogens is 1. The molecule has 132 valence electrons. The van der Waals surface area contributed by atoms with E-state index in [9.17, 15) is 4.79 Å². The molecule has 1 atom stereocenters. The number of nitrogens with zero attached hydrogens (tertiary/aromatic N) is 3. The first-order valence-corrected chi connectivity index (χ1v) is 9.19. The highest BCUT2D eigenvalue weighted by molar-refractivity contribution is 9.10. The minimum absolute atomic E-state index is 0.108. The highest BCUT2D eigenvalue weighted by Gasteiger charge is 2.33. The van der Waals surface area contributed by atoms with Crippen molar-refractivity contribution < 1.29 is 9.53 Å². The van der Waals surface area contributed by atoms with Crippen molar-refractivity contribution in [2.45, 2.75) is 18.9 Å². The number of ether oxygens (including phenoxy) is 1. The quantitative estimate of drug-likeness (QED) is 0.683. The van der Waals surface area contributed by atoms with Gasteiger partial charge in [-0.25, -0.2) is 9.78 Å². The Balaban J connectivity index is 1.51. The molecule has 0 aliphatic carbocycles. The van der Waals surface area contributed by atoms with Gasteiger partial charge in [0.1, 0.15) is 5.82 Å². The lowest BCUT2D eigenvalue weighted by Crippen LogP contribution is -2.33.